The summed E-state index contributed by atoms with van der Waals surface area (Å²) in [7, 11) is 0. The second kappa shape index (κ2) is 38.7. The van der Waals surface area contributed by atoms with E-state index in [1.54, 1.807) is 24.3 Å². The standard InChI is InChI=1S/C71H96ClN13O13/c1-42(2)34-56(81-64(91)54(21-9-12-32-77-71(74)98)78-66(93)57(36-46-25-28-53(88)29-26-46)82-68(95)59(41-86)83-67(94)58(80-63(90)44(5)73)37-48-16-14-30-75-40-48)65(92)79-55(22-10-11-31-76-43(3)4)69(96)84-33-15-23-60(84)70(97)85(45(6)87)61(62(89)51-19-13-20-52(72)39-51)38-47-24-27-49-17-7-8-18-50(49)35-47/h7-8,14,16-18,20,24-30,35,39-40,42-44,54-61,76,86,88H,9-13,15,19,21-23,31-34,36-38,41,73H2,1-6H3,(H,78,93)(H,79,92)(H,80,90)(H,81,91)(H,82,95)(H,83,94)(H3,74,77,98)/t44-,54+,55-,56-,57-,58+,59-,60-,61+/m0/s1. The van der Waals surface area contributed by atoms with Crippen LogP contribution < -0.4 is 54.0 Å². The van der Waals surface area contributed by atoms with Crippen molar-refractivity contribution in [1.29, 1.82) is 0 Å². The Morgan fingerprint density at radius 1 is 0.663 bits per heavy atom. The summed E-state index contributed by atoms with van der Waals surface area (Å²) in [5.74, 6) is -8.07. The van der Waals surface area contributed by atoms with Gasteiger partial charge in [0.1, 0.15) is 54.1 Å². The summed E-state index contributed by atoms with van der Waals surface area (Å²) < 4.78 is 0. The van der Waals surface area contributed by atoms with E-state index in [2.05, 4.69) is 47.5 Å². The van der Waals surface area contributed by atoms with Crippen LogP contribution in [0.3, 0.4) is 0 Å². The van der Waals surface area contributed by atoms with E-state index in [0.29, 0.717) is 65.9 Å². The lowest BCUT2D eigenvalue weighted by Gasteiger charge is -2.35. The first-order chi connectivity index (χ1) is 46.7. The number of aromatic hydroxyl groups is 1. The third-order valence-corrected chi connectivity index (χ3v) is 17.2. The number of unbranched alkanes of at least 4 members (excludes halogenated alkanes) is 2. The van der Waals surface area contributed by atoms with Gasteiger partial charge in [0.15, 0.2) is 5.78 Å². The molecule has 98 heavy (non-hydrogen) atoms. The predicted molar refractivity (Wildman–Crippen MR) is 370 cm³/mol. The SMILES string of the molecule is CC(=O)N(C(=O)[C@@H]1CCCN1C(=O)[C@H](CCCCNC(C)C)NC(=O)[C@H](CC(C)C)NC(=O)[C@@H](CCCCNC(N)=O)NC(=O)[C@H](Cc1ccc(O)cc1)NC(=O)[C@H](CO)NC(=O)[C@@H](Cc1cccnc1)NC(=O)[C@H](C)N)[C@H](Cc1ccc2ccccc2c1)C(=O)C1=CC(Cl)=CCC1. The fourth-order valence-corrected chi connectivity index (χ4v) is 12.1. The number of Topliss-reactive ketones (excluding diaryl/α,β-unsaturated/α-hetero) is 1. The molecule has 9 atom stereocenters. The minimum atomic E-state index is -1.70. The van der Waals surface area contributed by atoms with Gasteiger partial charge in [-0.1, -0.05) is 106 Å². The maximum atomic E-state index is 15.3. The molecule has 0 spiro atoms. The number of aliphatic hydroxyl groups is 1. The minimum absolute atomic E-state index is 0.0221. The molecule has 1 saturated heterocycles. The Morgan fingerprint density at radius 3 is 1.87 bits per heavy atom. The van der Waals surface area contributed by atoms with Crippen molar-refractivity contribution in [2.75, 3.05) is 26.2 Å². The molecular formula is C71H96ClN13O13. The van der Waals surface area contributed by atoms with Gasteiger partial charge in [-0.25, -0.2) is 4.79 Å². The normalized spacial score (nSPS) is 16.2. The number of phenolic OH excluding ortho intramolecular Hbond substituents is 1. The van der Waals surface area contributed by atoms with Crippen molar-refractivity contribution in [2.24, 2.45) is 17.4 Å². The average molecular weight is 1380 g/mol. The van der Waals surface area contributed by atoms with Crippen molar-refractivity contribution < 1.29 is 63.0 Å². The van der Waals surface area contributed by atoms with Crippen molar-refractivity contribution in [3.63, 3.8) is 0 Å². The number of allylic oxidation sites excluding steroid dienone is 3. The Morgan fingerprint density at radius 2 is 1.24 bits per heavy atom. The molecule has 11 amide bonds. The molecule has 14 N–H and O–H groups in total. The molecule has 4 aromatic rings. The molecule has 1 aromatic heterocycles. The molecule has 3 aromatic carbocycles. The van der Waals surface area contributed by atoms with E-state index in [4.69, 9.17) is 23.1 Å². The van der Waals surface area contributed by atoms with Crippen LogP contribution >= 0.6 is 11.6 Å². The summed E-state index contributed by atoms with van der Waals surface area (Å²) in [6.45, 7) is 10.00. The number of phenols is 1. The van der Waals surface area contributed by atoms with Crippen LogP contribution in [-0.2, 0) is 67.2 Å². The van der Waals surface area contributed by atoms with Crippen molar-refractivity contribution in [2.45, 2.75) is 192 Å². The number of halogens is 1. The van der Waals surface area contributed by atoms with E-state index in [1.165, 1.54) is 55.4 Å². The lowest BCUT2D eigenvalue weighted by Crippen LogP contribution is -2.61. The summed E-state index contributed by atoms with van der Waals surface area (Å²) in [6, 6.07) is 9.49. The zero-order valence-corrected chi connectivity index (χ0v) is 57.4. The van der Waals surface area contributed by atoms with E-state index >= 15 is 14.4 Å². The van der Waals surface area contributed by atoms with Crippen LogP contribution in [0.2, 0.25) is 0 Å². The van der Waals surface area contributed by atoms with Gasteiger partial charge >= 0.3 is 6.03 Å². The maximum Gasteiger partial charge on any atom is 0.312 e. The van der Waals surface area contributed by atoms with Gasteiger partial charge in [-0.2, -0.15) is 0 Å². The van der Waals surface area contributed by atoms with Gasteiger partial charge in [0.2, 0.25) is 47.3 Å². The van der Waals surface area contributed by atoms with Gasteiger partial charge < -0.3 is 69.1 Å². The number of carbonyl (C=O) groups is 11. The topological polar surface area (TPSA) is 396 Å². The number of fused-ring (bicyclic) bond motifs is 1. The largest absolute Gasteiger partial charge is 0.508 e. The lowest BCUT2D eigenvalue weighted by atomic mass is 9.90. The Labute approximate surface area is 577 Å². The number of urea groups is 1. The molecule has 2 aliphatic rings. The zero-order chi connectivity index (χ0) is 71.6. The first kappa shape index (κ1) is 77.9. The molecule has 0 unspecified atom stereocenters. The third-order valence-electron chi connectivity index (χ3n) is 16.9. The number of ketones is 1. The van der Waals surface area contributed by atoms with Crippen LogP contribution in [-0.4, -0.2) is 177 Å². The van der Waals surface area contributed by atoms with E-state index < -0.39 is 126 Å². The predicted octanol–water partition coefficient (Wildman–Crippen LogP) is 3.42. The number of nitrogens with two attached hydrogens (primary N) is 2. The number of benzene rings is 3. The molecule has 1 fully saturated rings. The van der Waals surface area contributed by atoms with Gasteiger partial charge in [0.25, 0.3) is 5.91 Å². The maximum absolute atomic E-state index is 15.3. The highest BCUT2D eigenvalue weighted by atomic mass is 35.5. The van der Waals surface area contributed by atoms with Crippen LogP contribution in [0.5, 0.6) is 5.75 Å². The van der Waals surface area contributed by atoms with E-state index in [0.717, 1.165) is 15.7 Å². The number of rotatable bonds is 37. The third kappa shape index (κ3) is 24.2. The summed E-state index contributed by atoms with van der Waals surface area (Å²) in [4.78, 5) is 163. The number of hydrogen-bond donors (Lipinski definition) is 12. The number of carbonyl (C=O) groups excluding carboxylic acids is 11. The molecule has 26 nitrogen and oxygen atoms in total. The number of amides is 11. The number of aliphatic hydroxyl groups excluding tert-OH is 1. The highest BCUT2D eigenvalue weighted by molar-refractivity contribution is 6.31. The van der Waals surface area contributed by atoms with E-state index in [1.807, 2.05) is 70.2 Å². The fourth-order valence-electron chi connectivity index (χ4n) is 11.8. The quantitative estimate of drug-likeness (QED) is 0.0288. The molecule has 530 valence electrons. The lowest BCUT2D eigenvalue weighted by molar-refractivity contribution is -0.155. The summed E-state index contributed by atoms with van der Waals surface area (Å²) in [6.07, 6.45) is 8.70. The van der Waals surface area contributed by atoms with Crippen molar-refractivity contribution in [3.8, 4) is 5.75 Å². The molecule has 0 radical (unpaired) electrons. The number of hydrogen-bond acceptors (Lipinski definition) is 16. The highest BCUT2D eigenvalue weighted by Crippen LogP contribution is 2.29. The Bertz CT molecular complexity index is 3500. The molecule has 1 aliphatic carbocycles. The first-order valence-corrected chi connectivity index (χ1v) is 34.0. The monoisotopic (exact) mass is 1370 g/mol. The molecule has 1 aliphatic heterocycles. The van der Waals surface area contributed by atoms with Crippen LogP contribution in [0, 0.1) is 5.92 Å². The smallest absolute Gasteiger partial charge is 0.312 e. The molecule has 0 bridgehead atoms. The molecule has 27 heteroatoms. The van der Waals surface area contributed by atoms with E-state index in [9.17, 15) is 48.6 Å². The van der Waals surface area contributed by atoms with Crippen molar-refractivity contribution >= 4 is 87.4 Å². The number of nitrogens with one attached hydrogen (secondary N) is 8. The van der Waals surface area contributed by atoms with Crippen LogP contribution in [0.1, 0.15) is 129 Å². The summed E-state index contributed by atoms with van der Waals surface area (Å²) in [5.41, 5.74) is 13.1. The van der Waals surface area contributed by atoms with Crippen molar-refractivity contribution in [3.05, 3.63) is 131 Å². The van der Waals surface area contributed by atoms with Gasteiger partial charge in [-0.05, 0) is 147 Å². The number of likely N-dealkylation sites (tertiary alicyclic amines) is 1. The molecule has 0 saturated carbocycles. The van der Waals surface area contributed by atoms with Crippen LogP contribution in [0.25, 0.3) is 10.8 Å². The number of primary amides is 1. The second-order valence-electron chi connectivity index (χ2n) is 25.8. The average Bonchev–Trinajstić information content (AvgIpc) is 1.36. The second-order valence-corrected chi connectivity index (χ2v) is 26.2. The molecular weight excluding hydrogens is 1280 g/mol. The van der Waals surface area contributed by atoms with Crippen LogP contribution in [0.4, 0.5) is 4.79 Å². The summed E-state index contributed by atoms with van der Waals surface area (Å²) in [5, 5.41) is 44.8. The van der Waals surface area contributed by atoms with E-state index in [-0.39, 0.29) is 88.6 Å². The zero-order valence-electron chi connectivity index (χ0n) is 56.7. The number of imide groups is 1. The Balaban J connectivity index is 1.27. The highest BCUT2D eigenvalue weighted by Gasteiger charge is 2.45. The summed E-state index contributed by atoms with van der Waals surface area (Å²) >= 11 is 6.44. The molecule has 6 rings (SSSR count). The van der Waals surface area contributed by atoms with Gasteiger partial charge in [-0.15, -0.1) is 0 Å². The Hall–Kier alpha value is -9.11. The minimum Gasteiger partial charge on any atom is -0.508 e. The fraction of sp³-hybridized carbons (Fsp3) is 0.493. The van der Waals surface area contributed by atoms with Gasteiger partial charge in [0.05, 0.1) is 12.6 Å². The van der Waals surface area contributed by atoms with Crippen LogP contribution in [0.15, 0.2) is 114 Å². The van der Waals surface area contributed by atoms with Crippen molar-refractivity contribution in [1.82, 2.24) is 57.3 Å². The van der Waals surface area contributed by atoms with Gasteiger partial charge in [0, 0.05) is 62.7 Å². The number of pyridine rings is 1. The number of aromatic nitrogens is 1. The number of nitrogens with zero attached hydrogens (tertiary/aromatic N) is 3. The van der Waals surface area contributed by atoms with Gasteiger partial charge in [-0.3, -0.25) is 57.8 Å². The first-order valence-electron chi connectivity index (χ1n) is 33.6. The molecule has 2 heterocycles. The Kier molecular flexibility index (Phi) is 30.8.